The molecule has 0 aromatic heterocycles. The maximum Gasteiger partial charge on any atom is 0.217 e. The summed E-state index contributed by atoms with van der Waals surface area (Å²) in [6, 6.07) is 1.09. The molecule has 2 aliphatic rings. The molecular formula is C11H20N2O. The largest absolute Gasteiger partial charge is 0.353 e. The molecule has 1 aliphatic heterocycles. The normalized spacial score (nSPS) is 37.4. The zero-order valence-corrected chi connectivity index (χ0v) is 8.88. The van der Waals surface area contributed by atoms with Gasteiger partial charge in [0.2, 0.25) is 5.91 Å². The molecule has 0 aromatic rings. The maximum atomic E-state index is 11.1. The summed E-state index contributed by atoms with van der Waals surface area (Å²) in [6.07, 6.45) is 6.25. The zero-order chi connectivity index (χ0) is 9.97. The van der Waals surface area contributed by atoms with E-state index >= 15 is 0 Å². The second-order valence-electron chi connectivity index (χ2n) is 4.60. The first-order chi connectivity index (χ1) is 6.77. The molecule has 0 aromatic carbocycles. The molecule has 0 spiro atoms. The van der Waals surface area contributed by atoms with E-state index < -0.39 is 0 Å². The van der Waals surface area contributed by atoms with E-state index in [2.05, 4.69) is 10.6 Å². The molecule has 3 heteroatoms. The van der Waals surface area contributed by atoms with Crippen LogP contribution in [0, 0.1) is 5.92 Å². The number of piperidine rings is 1. The van der Waals surface area contributed by atoms with E-state index in [-0.39, 0.29) is 5.91 Å². The van der Waals surface area contributed by atoms with Crippen LogP contribution in [0.25, 0.3) is 0 Å². The number of nitrogens with one attached hydrogen (secondary N) is 2. The molecule has 1 saturated carbocycles. The van der Waals surface area contributed by atoms with E-state index in [9.17, 15) is 4.79 Å². The van der Waals surface area contributed by atoms with E-state index in [1.807, 2.05) is 0 Å². The third-order valence-corrected chi connectivity index (χ3v) is 3.57. The van der Waals surface area contributed by atoms with Gasteiger partial charge in [-0.2, -0.15) is 0 Å². The monoisotopic (exact) mass is 196 g/mol. The van der Waals surface area contributed by atoms with Crippen molar-refractivity contribution < 1.29 is 4.79 Å². The highest BCUT2D eigenvalue weighted by Gasteiger charge is 2.34. The Bertz CT molecular complexity index is 215. The molecule has 2 N–H and O–H groups in total. The molecular weight excluding hydrogens is 176 g/mol. The van der Waals surface area contributed by atoms with Crippen LogP contribution >= 0.6 is 0 Å². The van der Waals surface area contributed by atoms with Crippen LogP contribution < -0.4 is 10.6 Å². The van der Waals surface area contributed by atoms with Crippen molar-refractivity contribution in [3.63, 3.8) is 0 Å². The summed E-state index contributed by atoms with van der Waals surface area (Å²) in [7, 11) is 0. The average molecular weight is 196 g/mol. The fourth-order valence-electron chi connectivity index (χ4n) is 2.99. The molecule has 1 saturated heterocycles. The van der Waals surface area contributed by atoms with Crippen molar-refractivity contribution in [2.24, 2.45) is 5.92 Å². The van der Waals surface area contributed by atoms with Gasteiger partial charge in [-0.05, 0) is 44.6 Å². The van der Waals surface area contributed by atoms with Gasteiger partial charge in [-0.1, -0.05) is 0 Å². The highest BCUT2D eigenvalue weighted by atomic mass is 16.1. The number of fused-ring (bicyclic) bond motifs is 1. The summed E-state index contributed by atoms with van der Waals surface area (Å²) in [4.78, 5) is 11.1. The van der Waals surface area contributed by atoms with E-state index in [1.165, 1.54) is 32.1 Å². The van der Waals surface area contributed by atoms with Crippen LogP contribution in [0.5, 0.6) is 0 Å². The lowest BCUT2D eigenvalue weighted by Crippen LogP contribution is -2.54. The Hall–Kier alpha value is -0.570. The van der Waals surface area contributed by atoms with Crippen molar-refractivity contribution in [2.75, 3.05) is 6.54 Å². The number of rotatable bonds is 1. The second-order valence-corrected chi connectivity index (χ2v) is 4.60. The summed E-state index contributed by atoms with van der Waals surface area (Å²) in [6.45, 7) is 2.79. The van der Waals surface area contributed by atoms with Crippen LogP contribution in [0.15, 0.2) is 0 Å². The molecule has 3 unspecified atom stereocenters. The van der Waals surface area contributed by atoms with Gasteiger partial charge in [-0.15, -0.1) is 0 Å². The predicted octanol–water partition coefficient (Wildman–Crippen LogP) is 1.04. The van der Waals surface area contributed by atoms with E-state index in [4.69, 9.17) is 0 Å². The first-order valence-corrected chi connectivity index (χ1v) is 5.78. The molecule has 2 rings (SSSR count). The number of hydrogen-bond donors (Lipinski definition) is 2. The van der Waals surface area contributed by atoms with Gasteiger partial charge in [0.15, 0.2) is 0 Å². The smallest absolute Gasteiger partial charge is 0.217 e. The van der Waals surface area contributed by atoms with Gasteiger partial charge in [-0.25, -0.2) is 0 Å². The molecule has 2 fully saturated rings. The molecule has 80 valence electrons. The summed E-state index contributed by atoms with van der Waals surface area (Å²) in [5, 5.41) is 6.67. The lowest BCUT2D eigenvalue weighted by Gasteiger charge is -2.42. The fourth-order valence-corrected chi connectivity index (χ4v) is 2.99. The minimum Gasteiger partial charge on any atom is -0.353 e. The lowest BCUT2D eigenvalue weighted by atomic mass is 9.76. The van der Waals surface area contributed by atoms with Crippen LogP contribution in [0.1, 0.15) is 39.0 Å². The zero-order valence-electron chi connectivity index (χ0n) is 8.88. The molecule has 3 atom stereocenters. The first kappa shape index (κ1) is 9.97. The molecule has 0 bridgehead atoms. The number of carbonyl (C=O) groups excluding carboxylic acids is 1. The summed E-state index contributed by atoms with van der Waals surface area (Å²) in [5.74, 6) is 0.808. The standard InChI is InChI=1S/C11H20N2O/c1-8(14)13-11-6-2-5-10-9(11)4-3-7-12-10/h9-12H,2-7H2,1H3,(H,13,14). The first-order valence-electron chi connectivity index (χ1n) is 5.78. The third kappa shape index (κ3) is 2.08. The number of amides is 1. The Morgan fingerprint density at radius 1 is 1.29 bits per heavy atom. The quantitative estimate of drug-likeness (QED) is 0.658. The third-order valence-electron chi connectivity index (χ3n) is 3.57. The van der Waals surface area contributed by atoms with Gasteiger partial charge < -0.3 is 10.6 Å². The highest BCUT2D eigenvalue weighted by molar-refractivity contribution is 5.73. The van der Waals surface area contributed by atoms with Gasteiger partial charge in [0, 0.05) is 19.0 Å². The Morgan fingerprint density at radius 3 is 2.93 bits per heavy atom. The van der Waals surface area contributed by atoms with Crippen LogP contribution in [-0.2, 0) is 4.79 Å². The van der Waals surface area contributed by atoms with Crippen LogP contribution in [-0.4, -0.2) is 24.5 Å². The van der Waals surface area contributed by atoms with E-state index in [0.717, 1.165) is 6.54 Å². The molecule has 0 radical (unpaired) electrons. The maximum absolute atomic E-state index is 11.1. The van der Waals surface area contributed by atoms with Gasteiger partial charge in [0.25, 0.3) is 0 Å². The van der Waals surface area contributed by atoms with Gasteiger partial charge in [0.1, 0.15) is 0 Å². The van der Waals surface area contributed by atoms with Crippen LogP contribution in [0.2, 0.25) is 0 Å². The topological polar surface area (TPSA) is 41.1 Å². The summed E-state index contributed by atoms with van der Waals surface area (Å²) in [5.41, 5.74) is 0. The molecule has 1 amide bonds. The molecule has 1 heterocycles. The summed E-state index contributed by atoms with van der Waals surface area (Å²) >= 11 is 0. The highest BCUT2D eigenvalue weighted by Crippen LogP contribution is 2.30. The molecule has 1 aliphatic carbocycles. The van der Waals surface area contributed by atoms with Gasteiger partial charge >= 0.3 is 0 Å². The average Bonchev–Trinajstić information content (AvgIpc) is 2.18. The van der Waals surface area contributed by atoms with Gasteiger partial charge in [0.05, 0.1) is 0 Å². The second kappa shape index (κ2) is 4.30. The van der Waals surface area contributed by atoms with Crippen molar-refractivity contribution in [3.8, 4) is 0 Å². The fraction of sp³-hybridized carbons (Fsp3) is 0.909. The van der Waals surface area contributed by atoms with Crippen molar-refractivity contribution >= 4 is 5.91 Å². The summed E-state index contributed by atoms with van der Waals surface area (Å²) < 4.78 is 0. The Morgan fingerprint density at radius 2 is 2.14 bits per heavy atom. The van der Waals surface area contributed by atoms with Crippen molar-refractivity contribution in [1.29, 1.82) is 0 Å². The van der Waals surface area contributed by atoms with Crippen LogP contribution in [0.4, 0.5) is 0 Å². The number of carbonyl (C=O) groups is 1. The predicted molar refractivity (Wildman–Crippen MR) is 56.0 cm³/mol. The Balaban J connectivity index is 1.97. The molecule has 14 heavy (non-hydrogen) atoms. The molecule has 3 nitrogen and oxygen atoms in total. The van der Waals surface area contributed by atoms with E-state index in [1.54, 1.807) is 6.92 Å². The number of hydrogen-bond acceptors (Lipinski definition) is 2. The van der Waals surface area contributed by atoms with Crippen molar-refractivity contribution in [1.82, 2.24) is 10.6 Å². The van der Waals surface area contributed by atoms with Crippen molar-refractivity contribution in [2.45, 2.75) is 51.1 Å². The van der Waals surface area contributed by atoms with Crippen LogP contribution in [0.3, 0.4) is 0 Å². The van der Waals surface area contributed by atoms with Crippen molar-refractivity contribution in [3.05, 3.63) is 0 Å². The van der Waals surface area contributed by atoms with E-state index in [0.29, 0.717) is 18.0 Å². The minimum absolute atomic E-state index is 0.126. The Labute approximate surface area is 85.6 Å². The van der Waals surface area contributed by atoms with Gasteiger partial charge in [-0.3, -0.25) is 4.79 Å². The lowest BCUT2D eigenvalue weighted by molar-refractivity contribution is -0.120. The minimum atomic E-state index is 0.126. The Kier molecular flexibility index (Phi) is 3.06. The SMILES string of the molecule is CC(=O)NC1CCCC2NCCCC21.